The molecule has 110 valence electrons. The van der Waals surface area contributed by atoms with Crippen LogP contribution in [0.1, 0.15) is 15.9 Å². The number of ether oxygens (including phenoxy) is 2. The molecule has 0 aliphatic heterocycles. The highest BCUT2D eigenvalue weighted by Crippen LogP contribution is 2.08. The summed E-state index contributed by atoms with van der Waals surface area (Å²) >= 11 is 0. The van der Waals surface area contributed by atoms with Gasteiger partial charge in [0.15, 0.2) is 0 Å². The zero-order chi connectivity index (χ0) is 15.0. The van der Waals surface area contributed by atoms with Gasteiger partial charge in [0.25, 0.3) is 0 Å². The number of hydrogen-bond acceptors (Lipinski definition) is 5. The molecule has 0 saturated carbocycles. The number of carboxylic acid groups (broad SMARTS) is 1. The van der Waals surface area contributed by atoms with E-state index < -0.39 is 11.9 Å². The molecule has 0 spiro atoms. The lowest BCUT2D eigenvalue weighted by Crippen LogP contribution is -2.32. The molecule has 1 aromatic rings. The second kappa shape index (κ2) is 8.29. The van der Waals surface area contributed by atoms with Gasteiger partial charge < -0.3 is 14.6 Å². The second-order valence-corrected chi connectivity index (χ2v) is 4.29. The minimum Gasteiger partial charge on any atom is -0.480 e. The number of methoxy groups -OCH3 is 2. The van der Waals surface area contributed by atoms with Crippen molar-refractivity contribution in [3.8, 4) is 0 Å². The minimum atomic E-state index is -0.882. The molecule has 6 heteroatoms. The van der Waals surface area contributed by atoms with Gasteiger partial charge in [-0.2, -0.15) is 0 Å². The molecule has 0 unspecified atom stereocenters. The van der Waals surface area contributed by atoms with E-state index in [4.69, 9.17) is 9.84 Å². The molecule has 0 aliphatic rings. The van der Waals surface area contributed by atoms with Gasteiger partial charge in [-0.25, -0.2) is 4.79 Å². The van der Waals surface area contributed by atoms with E-state index in [1.807, 2.05) is 0 Å². The summed E-state index contributed by atoms with van der Waals surface area (Å²) in [7, 11) is 2.90. The normalized spacial score (nSPS) is 10.6. The van der Waals surface area contributed by atoms with E-state index in [0.29, 0.717) is 25.3 Å². The van der Waals surface area contributed by atoms with Crippen LogP contribution in [0.25, 0.3) is 0 Å². The van der Waals surface area contributed by atoms with Crippen LogP contribution >= 0.6 is 0 Å². The van der Waals surface area contributed by atoms with Crippen LogP contribution in [0.15, 0.2) is 24.3 Å². The largest absolute Gasteiger partial charge is 0.480 e. The van der Waals surface area contributed by atoms with Gasteiger partial charge in [-0.3, -0.25) is 9.69 Å². The maximum Gasteiger partial charge on any atom is 0.337 e. The van der Waals surface area contributed by atoms with Crippen molar-refractivity contribution in [1.82, 2.24) is 4.90 Å². The smallest absolute Gasteiger partial charge is 0.337 e. The number of carbonyl (C=O) groups excluding carboxylic acids is 1. The average molecular weight is 281 g/mol. The lowest BCUT2D eigenvalue weighted by Gasteiger charge is -2.19. The van der Waals surface area contributed by atoms with Crippen molar-refractivity contribution in [2.45, 2.75) is 6.54 Å². The van der Waals surface area contributed by atoms with Crippen molar-refractivity contribution in [3.63, 3.8) is 0 Å². The average Bonchev–Trinajstić information content (AvgIpc) is 2.44. The Morgan fingerprint density at radius 2 is 1.85 bits per heavy atom. The Bertz CT molecular complexity index is 443. The van der Waals surface area contributed by atoms with Gasteiger partial charge >= 0.3 is 11.9 Å². The number of nitrogens with zero attached hydrogens (tertiary/aromatic N) is 1. The standard InChI is InChI=1S/C14H19NO5/c1-19-8-7-15(10-13(16)17)9-11-3-5-12(6-4-11)14(18)20-2/h3-6H,7-10H2,1-2H3,(H,16,17). The van der Waals surface area contributed by atoms with Crippen molar-refractivity contribution < 1.29 is 24.2 Å². The van der Waals surface area contributed by atoms with Crippen LogP contribution in [0.5, 0.6) is 0 Å². The molecule has 0 fully saturated rings. The van der Waals surface area contributed by atoms with E-state index in [1.165, 1.54) is 7.11 Å². The first-order valence-electron chi connectivity index (χ1n) is 6.17. The van der Waals surface area contributed by atoms with Crippen molar-refractivity contribution in [1.29, 1.82) is 0 Å². The van der Waals surface area contributed by atoms with E-state index in [1.54, 1.807) is 36.3 Å². The van der Waals surface area contributed by atoms with E-state index in [-0.39, 0.29) is 6.54 Å². The molecule has 0 bridgehead atoms. The van der Waals surface area contributed by atoms with Crippen LogP contribution in [0.3, 0.4) is 0 Å². The molecule has 0 aromatic heterocycles. The molecule has 6 nitrogen and oxygen atoms in total. The maximum absolute atomic E-state index is 11.3. The molecule has 1 rings (SSSR count). The van der Waals surface area contributed by atoms with E-state index in [2.05, 4.69) is 4.74 Å². The van der Waals surface area contributed by atoms with Gasteiger partial charge in [-0.1, -0.05) is 12.1 Å². The summed E-state index contributed by atoms with van der Waals surface area (Å²) in [5.41, 5.74) is 1.40. The summed E-state index contributed by atoms with van der Waals surface area (Å²) in [6, 6.07) is 6.90. The summed E-state index contributed by atoms with van der Waals surface area (Å²) in [6.45, 7) is 1.42. The molecule has 0 saturated heterocycles. The van der Waals surface area contributed by atoms with Gasteiger partial charge in [0.2, 0.25) is 0 Å². The monoisotopic (exact) mass is 281 g/mol. The topological polar surface area (TPSA) is 76.1 Å². The first-order chi connectivity index (χ1) is 9.56. The van der Waals surface area contributed by atoms with Gasteiger partial charge in [-0.05, 0) is 17.7 Å². The fourth-order valence-corrected chi connectivity index (χ4v) is 1.75. The Hall–Kier alpha value is -1.92. The lowest BCUT2D eigenvalue weighted by molar-refractivity contribution is -0.138. The minimum absolute atomic E-state index is 0.0535. The highest BCUT2D eigenvalue weighted by Gasteiger charge is 2.11. The third-order valence-electron chi connectivity index (χ3n) is 2.75. The quantitative estimate of drug-likeness (QED) is 0.717. The lowest BCUT2D eigenvalue weighted by atomic mass is 10.1. The molecule has 0 radical (unpaired) electrons. The molecule has 0 aliphatic carbocycles. The summed E-state index contributed by atoms with van der Waals surface area (Å²) in [4.78, 5) is 23.9. The predicted octanol–water partition coefficient (Wildman–Crippen LogP) is 1.01. The number of carboxylic acids is 1. The van der Waals surface area contributed by atoms with Crippen molar-refractivity contribution in [2.24, 2.45) is 0 Å². The van der Waals surface area contributed by atoms with Crippen LogP contribution in [0, 0.1) is 0 Å². The molecule has 1 N–H and O–H groups in total. The molecular formula is C14H19NO5. The number of rotatable bonds is 8. The molecular weight excluding hydrogens is 262 g/mol. The van der Waals surface area contributed by atoms with Crippen molar-refractivity contribution in [3.05, 3.63) is 35.4 Å². The van der Waals surface area contributed by atoms with Crippen LogP contribution in [-0.2, 0) is 20.8 Å². The number of hydrogen-bond donors (Lipinski definition) is 1. The zero-order valence-electron chi connectivity index (χ0n) is 11.7. The molecule has 0 heterocycles. The summed E-state index contributed by atoms with van der Waals surface area (Å²) in [5, 5.41) is 8.87. The molecule has 0 amide bonds. The Balaban J connectivity index is 2.67. The van der Waals surface area contributed by atoms with Gasteiger partial charge in [0.1, 0.15) is 0 Å². The van der Waals surface area contributed by atoms with E-state index >= 15 is 0 Å². The summed E-state index contributed by atoms with van der Waals surface area (Å²) in [6.07, 6.45) is 0. The van der Waals surface area contributed by atoms with Gasteiger partial charge in [-0.15, -0.1) is 0 Å². The first kappa shape index (κ1) is 16.1. The third-order valence-corrected chi connectivity index (χ3v) is 2.75. The predicted molar refractivity (Wildman–Crippen MR) is 72.6 cm³/mol. The fourth-order valence-electron chi connectivity index (χ4n) is 1.75. The SMILES string of the molecule is COCCN(CC(=O)O)Cc1ccc(C(=O)OC)cc1. The first-order valence-corrected chi connectivity index (χ1v) is 6.17. The Morgan fingerprint density at radius 3 is 2.35 bits per heavy atom. The molecule has 20 heavy (non-hydrogen) atoms. The van der Waals surface area contributed by atoms with Gasteiger partial charge in [0.05, 0.1) is 25.8 Å². The maximum atomic E-state index is 11.3. The van der Waals surface area contributed by atoms with Crippen molar-refractivity contribution >= 4 is 11.9 Å². The number of benzene rings is 1. The highest BCUT2D eigenvalue weighted by atomic mass is 16.5. The second-order valence-electron chi connectivity index (χ2n) is 4.29. The Labute approximate surface area is 117 Å². The number of esters is 1. The molecule has 1 aromatic carbocycles. The van der Waals surface area contributed by atoms with Crippen LogP contribution in [0.2, 0.25) is 0 Å². The number of aliphatic carboxylic acids is 1. The Morgan fingerprint density at radius 1 is 1.20 bits per heavy atom. The molecule has 0 atom stereocenters. The van der Waals surface area contributed by atoms with Crippen LogP contribution in [-0.4, -0.2) is 55.9 Å². The van der Waals surface area contributed by atoms with Crippen LogP contribution in [0.4, 0.5) is 0 Å². The van der Waals surface area contributed by atoms with Gasteiger partial charge in [0, 0.05) is 20.2 Å². The third kappa shape index (κ3) is 5.38. The zero-order valence-corrected chi connectivity index (χ0v) is 11.7. The highest BCUT2D eigenvalue weighted by molar-refractivity contribution is 5.89. The van der Waals surface area contributed by atoms with Crippen molar-refractivity contribution in [2.75, 3.05) is 33.9 Å². The van der Waals surface area contributed by atoms with Crippen LogP contribution < -0.4 is 0 Å². The number of carbonyl (C=O) groups is 2. The summed E-state index contributed by atoms with van der Waals surface area (Å²) in [5.74, 6) is -1.27. The summed E-state index contributed by atoms with van der Waals surface area (Å²) < 4.78 is 9.58. The Kier molecular flexibility index (Phi) is 6.69. The van der Waals surface area contributed by atoms with E-state index in [9.17, 15) is 9.59 Å². The van der Waals surface area contributed by atoms with E-state index in [0.717, 1.165) is 5.56 Å². The fraction of sp³-hybridized carbons (Fsp3) is 0.429.